The molecule has 0 saturated carbocycles. The zero-order valence-corrected chi connectivity index (χ0v) is 12.0. The molecule has 1 heterocycles. The van der Waals surface area contributed by atoms with Gasteiger partial charge < -0.3 is 5.32 Å². The van der Waals surface area contributed by atoms with Crippen LogP contribution in [0.25, 0.3) is 0 Å². The SMILES string of the molecule is CNCc1ccc(CN2CCC(C)(C)CC2)cc1. The quantitative estimate of drug-likeness (QED) is 0.878. The van der Waals surface area contributed by atoms with Gasteiger partial charge in [-0.15, -0.1) is 0 Å². The first-order valence-electron chi connectivity index (χ1n) is 7.04. The van der Waals surface area contributed by atoms with Crippen molar-refractivity contribution in [3.05, 3.63) is 35.4 Å². The van der Waals surface area contributed by atoms with E-state index in [-0.39, 0.29) is 0 Å². The summed E-state index contributed by atoms with van der Waals surface area (Å²) in [6.45, 7) is 9.32. The molecule has 0 spiro atoms. The van der Waals surface area contributed by atoms with E-state index in [0.717, 1.165) is 13.1 Å². The van der Waals surface area contributed by atoms with Crippen LogP contribution in [-0.2, 0) is 13.1 Å². The van der Waals surface area contributed by atoms with Gasteiger partial charge in [0.05, 0.1) is 0 Å². The Morgan fingerprint density at radius 3 is 2.17 bits per heavy atom. The average Bonchev–Trinajstić information content (AvgIpc) is 2.35. The van der Waals surface area contributed by atoms with Crippen molar-refractivity contribution in [2.45, 2.75) is 39.8 Å². The Morgan fingerprint density at radius 1 is 1.06 bits per heavy atom. The van der Waals surface area contributed by atoms with Gasteiger partial charge in [-0.25, -0.2) is 0 Å². The number of hydrogen-bond acceptors (Lipinski definition) is 2. The van der Waals surface area contributed by atoms with Crippen LogP contribution in [0.4, 0.5) is 0 Å². The summed E-state index contributed by atoms with van der Waals surface area (Å²) < 4.78 is 0. The van der Waals surface area contributed by atoms with Gasteiger partial charge in [0.15, 0.2) is 0 Å². The fourth-order valence-electron chi connectivity index (χ4n) is 2.54. The minimum absolute atomic E-state index is 0.549. The van der Waals surface area contributed by atoms with Crippen molar-refractivity contribution in [1.82, 2.24) is 10.2 Å². The van der Waals surface area contributed by atoms with Crippen LogP contribution in [0.15, 0.2) is 24.3 Å². The standard InChI is InChI=1S/C16H26N2/c1-16(2)8-10-18(11-9-16)13-15-6-4-14(5-7-15)12-17-3/h4-7,17H,8-13H2,1-3H3. The number of hydrogen-bond donors (Lipinski definition) is 1. The molecule has 1 fully saturated rings. The minimum atomic E-state index is 0.549. The molecule has 0 atom stereocenters. The fourth-order valence-corrected chi connectivity index (χ4v) is 2.54. The lowest BCUT2D eigenvalue weighted by Crippen LogP contribution is -2.36. The molecule has 1 aliphatic heterocycles. The second kappa shape index (κ2) is 5.85. The van der Waals surface area contributed by atoms with Gasteiger partial charge in [-0.3, -0.25) is 4.90 Å². The first kappa shape index (κ1) is 13.6. The molecule has 2 rings (SSSR count). The molecule has 0 aliphatic carbocycles. The van der Waals surface area contributed by atoms with E-state index in [2.05, 4.69) is 48.3 Å². The molecule has 18 heavy (non-hydrogen) atoms. The Morgan fingerprint density at radius 2 is 1.61 bits per heavy atom. The molecule has 0 unspecified atom stereocenters. The van der Waals surface area contributed by atoms with Crippen LogP contribution >= 0.6 is 0 Å². The highest BCUT2D eigenvalue weighted by molar-refractivity contribution is 5.22. The predicted molar refractivity (Wildman–Crippen MR) is 77.5 cm³/mol. The maximum absolute atomic E-state index is 3.18. The summed E-state index contributed by atoms with van der Waals surface area (Å²) in [7, 11) is 1.99. The van der Waals surface area contributed by atoms with Crippen LogP contribution in [-0.4, -0.2) is 25.0 Å². The van der Waals surface area contributed by atoms with Crippen LogP contribution in [0, 0.1) is 5.41 Å². The number of piperidine rings is 1. The van der Waals surface area contributed by atoms with Crippen LogP contribution in [0.3, 0.4) is 0 Å². The van der Waals surface area contributed by atoms with E-state index in [1.54, 1.807) is 0 Å². The Balaban J connectivity index is 1.86. The molecule has 1 saturated heterocycles. The Labute approximate surface area is 111 Å². The maximum Gasteiger partial charge on any atom is 0.0233 e. The number of nitrogens with one attached hydrogen (secondary N) is 1. The lowest BCUT2D eigenvalue weighted by atomic mass is 9.82. The predicted octanol–water partition coefficient (Wildman–Crippen LogP) is 3.03. The van der Waals surface area contributed by atoms with Crippen molar-refractivity contribution >= 4 is 0 Å². The van der Waals surface area contributed by atoms with Gasteiger partial charge in [0.1, 0.15) is 0 Å². The number of benzene rings is 1. The van der Waals surface area contributed by atoms with E-state index in [4.69, 9.17) is 0 Å². The fraction of sp³-hybridized carbons (Fsp3) is 0.625. The molecule has 0 radical (unpaired) electrons. The summed E-state index contributed by atoms with van der Waals surface area (Å²) in [6.07, 6.45) is 2.65. The molecule has 2 heteroatoms. The maximum atomic E-state index is 3.18. The van der Waals surface area contributed by atoms with Crippen molar-refractivity contribution in [1.29, 1.82) is 0 Å². The van der Waals surface area contributed by atoms with Gasteiger partial charge in [0.25, 0.3) is 0 Å². The van der Waals surface area contributed by atoms with E-state index in [9.17, 15) is 0 Å². The molecule has 0 bridgehead atoms. The summed E-state index contributed by atoms with van der Waals surface area (Å²) in [5.74, 6) is 0. The van der Waals surface area contributed by atoms with Gasteiger partial charge in [-0.1, -0.05) is 38.1 Å². The number of likely N-dealkylation sites (tertiary alicyclic amines) is 1. The summed E-state index contributed by atoms with van der Waals surface area (Å²) in [5.41, 5.74) is 3.35. The van der Waals surface area contributed by atoms with E-state index in [0.29, 0.717) is 5.41 Å². The zero-order chi connectivity index (χ0) is 13.0. The summed E-state index contributed by atoms with van der Waals surface area (Å²) >= 11 is 0. The zero-order valence-electron chi connectivity index (χ0n) is 12.0. The molecule has 1 aromatic rings. The number of nitrogens with zero attached hydrogens (tertiary/aromatic N) is 1. The molecular formula is C16H26N2. The van der Waals surface area contributed by atoms with Crippen LogP contribution < -0.4 is 5.32 Å². The van der Waals surface area contributed by atoms with Gasteiger partial charge in [-0.05, 0) is 49.5 Å². The molecular weight excluding hydrogens is 220 g/mol. The van der Waals surface area contributed by atoms with Crippen molar-refractivity contribution < 1.29 is 0 Å². The topological polar surface area (TPSA) is 15.3 Å². The van der Waals surface area contributed by atoms with E-state index >= 15 is 0 Å². The molecule has 1 aromatic carbocycles. The van der Waals surface area contributed by atoms with Crippen LogP contribution in [0.1, 0.15) is 37.8 Å². The highest BCUT2D eigenvalue weighted by Crippen LogP contribution is 2.30. The monoisotopic (exact) mass is 246 g/mol. The first-order valence-corrected chi connectivity index (χ1v) is 7.04. The largest absolute Gasteiger partial charge is 0.316 e. The lowest BCUT2D eigenvalue weighted by molar-refractivity contribution is 0.127. The van der Waals surface area contributed by atoms with Crippen LogP contribution in [0.5, 0.6) is 0 Å². The Kier molecular flexibility index (Phi) is 4.41. The third kappa shape index (κ3) is 3.82. The molecule has 0 amide bonds. The second-order valence-electron chi connectivity index (χ2n) is 6.29. The van der Waals surface area contributed by atoms with Crippen molar-refractivity contribution in [2.24, 2.45) is 5.41 Å². The lowest BCUT2D eigenvalue weighted by Gasteiger charge is -2.36. The highest BCUT2D eigenvalue weighted by Gasteiger charge is 2.24. The molecule has 1 aliphatic rings. The third-order valence-corrected chi connectivity index (χ3v) is 4.02. The Bertz CT molecular complexity index is 357. The van der Waals surface area contributed by atoms with Crippen molar-refractivity contribution in [3.63, 3.8) is 0 Å². The van der Waals surface area contributed by atoms with Gasteiger partial charge in [0.2, 0.25) is 0 Å². The summed E-state index contributed by atoms with van der Waals surface area (Å²) in [5, 5.41) is 3.18. The number of rotatable bonds is 4. The summed E-state index contributed by atoms with van der Waals surface area (Å²) in [4.78, 5) is 2.58. The smallest absolute Gasteiger partial charge is 0.0233 e. The normalized spacial score (nSPS) is 19.9. The van der Waals surface area contributed by atoms with Crippen molar-refractivity contribution in [3.8, 4) is 0 Å². The minimum Gasteiger partial charge on any atom is -0.316 e. The van der Waals surface area contributed by atoms with Crippen LogP contribution in [0.2, 0.25) is 0 Å². The molecule has 100 valence electrons. The average molecular weight is 246 g/mol. The first-order chi connectivity index (χ1) is 8.59. The molecule has 1 N–H and O–H groups in total. The van der Waals surface area contributed by atoms with E-state index < -0.39 is 0 Å². The van der Waals surface area contributed by atoms with Gasteiger partial charge >= 0.3 is 0 Å². The summed E-state index contributed by atoms with van der Waals surface area (Å²) in [6, 6.07) is 9.01. The van der Waals surface area contributed by atoms with Gasteiger partial charge in [0, 0.05) is 13.1 Å². The Hall–Kier alpha value is -0.860. The van der Waals surface area contributed by atoms with Gasteiger partial charge in [-0.2, -0.15) is 0 Å². The van der Waals surface area contributed by atoms with E-state index in [1.807, 2.05) is 7.05 Å². The molecule has 2 nitrogen and oxygen atoms in total. The van der Waals surface area contributed by atoms with E-state index in [1.165, 1.54) is 37.1 Å². The van der Waals surface area contributed by atoms with Crippen molar-refractivity contribution in [2.75, 3.05) is 20.1 Å². The third-order valence-electron chi connectivity index (χ3n) is 4.02. The highest BCUT2D eigenvalue weighted by atomic mass is 15.1. The second-order valence-corrected chi connectivity index (χ2v) is 6.29. The molecule has 0 aromatic heterocycles.